The van der Waals surface area contributed by atoms with Crippen molar-refractivity contribution in [1.29, 1.82) is 5.26 Å². The van der Waals surface area contributed by atoms with Crippen molar-refractivity contribution >= 4 is 11.6 Å². The van der Waals surface area contributed by atoms with Crippen molar-refractivity contribution in [3.63, 3.8) is 0 Å². The van der Waals surface area contributed by atoms with Crippen LogP contribution >= 0.6 is 11.6 Å². The van der Waals surface area contributed by atoms with Gasteiger partial charge >= 0.3 is 0 Å². The summed E-state index contributed by atoms with van der Waals surface area (Å²) < 4.78 is 0. The normalized spacial score (nSPS) is 11.1. The Morgan fingerprint density at radius 1 is 1.43 bits per heavy atom. The van der Waals surface area contributed by atoms with E-state index in [9.17, 15) is 5.11 Å². The highest BCUT2D eigenvalue weighted by molar-refractivity contribution is 6.31. The molecule has 0 aliphatic carbocycles. The second-order valence-corrected chi connectivity index (χ2v) is 4.26. The van der Waals surface area contributed by atoms with E-state index in [4.69, 9.17) is 16.9 Å². The SMILES string of the molecule is Cc1cc(C(C)(C)C#N)c(O)cc1Cl. The Balaban J connectivity index is 3.38. The number of hydrogen-bond donors (Lipinski definition) is 1. The number of benzene rings is 1. The fourth-order valence-corrected chi connectivity index (χ4v) is 1.39. The average Bonchev–Trinajstić information content (AvgIpc) is 2.11. The highest BCUT2D eigenvalue weighted by Crippen LogP contribution is 2.34. The fourth-order valence-electron chi connectivity index (χ4n) is 1.23. The van der Waals surface area contributed by atoms with Gasteiger partial charge in [0.05, 0.1) is 11.5 Å². The van der Waals surface area contributed by atoms with Crippen LogP contribution in [0.15, 0.2) is 12.1 Å². The maximum Gasteiger partial charge on any atom is 0.121 e. The van der Waals surface area contributed by atoms with Gasteiger partial charge in [0.25, 0.3) is 0 Å². The van der Waals surface area contributed by atoms with Crippen LogP contribution in [0.3, 0.4) is 0 Å². The van der Waals surface area contributed by atoms with Crippen LogP contribution in [0.25, 0.3) is 0 Å². The number of aryl methyl sites for hydroxylation is 1. The molecule has 0 bridgehead atoms. The molecule has 0 aliphatic rings. The summed E-state index contributed by atoms with van der Waals surface area (Å²) in [5.74, 6) is 0.0761. The molecule has 1 N–H and O–H groups in total. The van der Waals surface area contributed by atoms with Gasteiger partial charge in [0, 0.05) is 10.6 Å². The quantitative estimate of drug-likeness (QED) is 0.772. The number of phenols is 1. The third-order valence-electron chi connectivity index (χ3n) is 2.23. The summed E-state index contributed by atoms with van der Waals surface area (Å²) in [4.78, 5) is 0. The standard InChI is InChI=1S/C11H12ClNO/c1-7-4-8(11(2,3)6-13)10(14)5-9(7)12/h4-5,14H,1-3H3. The third-order valence-corrected chi connectivity index (χ3v) is 2.64. The number of hydrogen-bond acceptors (Lipinski definition) is 2. The summed E-state index contributed by atoms with van der Waals surface area (Å²) in [5, 5.41) is 19.1. The van der Waals surface area contributed by atoms with E-state index < -0.39 is 5.41 Å². The summed E-state index contributed by atoms with van der Waals surface area (Å²) in [6, 6.07) is 5.37. The van der Waals surface area contributed by atoms with E-state index in [-0.39, 0.29) is 5.75 Å². The lowest BCUT2D eigenvalue weighted by Gasteiger charge is -2.18. The zero-order chi connectivity index (χ0) is 10.9. The number of nitriles is 1. The van der Waals surface area contributed by atoms with E-state index >= 15 is 0 Å². The van der Waals surface area contributed by atoms with Gasteiger partial charge in [-0.05, 0) is 38.5 Å². The fraction of sp³-hybridized carbons (Fsp3) is 0.364. The molecule has 0 aliphatic heterocycles. The number of halogens is 1. The van der Waals surface area contributed by atoms with Gasteiger partial charge in [-0.1, -0.05) is 11.6 Å². The molecule has 1 aromatic rings. The lowest BCUT2D eigenvalue weighted by Crippen LogP contribution is -2.14. The minimum atomic E-state index is -0.695. The van der Waals surface area contributed by atoms with E-state index in [1.165, 1.54) is 6.07 Å². The van der Waals surface area contributed by atoms with Crippen LogP contribution in [-0.2, 0) is 5.41 Å². The maximum atomic E-state index is 9.65. The predicted octanol–water partition coefficient (Wildman–Crippen LogP) is 3.16. The van der Waals surface area contributed by atoms with E-state index in [2.05, 4.69) is 6.07 Å². The predicted molar refractivity (Wildman–Crippen MR) is 56.5 cm³/mol. The maximum absolute atomic E-state index is 9.65. The van der Waals surface area contributed by atoms with Crippen molar-refractivity contribution in [2.75, 3.05) is 0 Å². The van der Waals surface area contributed by atoms with Crippen LogP contribution in [0.4, 0.5) is 0 Å². The number of rotatable bonds is 1. The van der Waals surface area contributed by atoms with Gasteiger partial charge in [-0.25, -0.2) is 0 Å². The van der Waals surface area contributed by atoms with Crippen molar-refractivity contribution in [3.8, 4) is 11.8 Å². The molecule has 0 aromatic heterocycles. The highest BCUT2D eigenvalue weighted by atomic mass is 35.5. The zero-order valence-electron chi connectivity index (χ0n) is 8.43. The summed E-state index contributed by atoms with van der Waals surface area (Å²) in [7, 11) is 0. The topological polar surface area (TPSA) is 44.0 Å². The summed E-state index contributed by atoms with van der Waals surface area (Å²) in [6.45, 7) is 5.36. The van der Waals surface area contributed by atoms with Crippen molar-refractivity contribution in [3.05, 3.63) is 28.3 Å². The molecule has 0 spiro atoms. The molecule has 3 heteroatoms. The monoisotopic (exact) mass is 209 g/mol. The van der Waals surface area contributed by atoms with E-state index in [1.54, 1.807) is 19.9 Å². The van der Waals surface area contributed by atoms with Crippen LogP contribution in [0.1, 0.15) is 25.0 Å². The molecular formula is C11H12ClNO. The van der Waals surface area contributed by atoms with Crippen molar-refractivity contribution in [2.24, 2.45) is 0 Å². The molecule has 0 unspecified atom stereocenters. The van der Waals surface area contributed by atoms with Crippen molar-refractivity contribution < 1.29 is 5.11 Å². The van der Waals surface area contributed by atoms with Gasteiger partial charge in [0.2, 0.25) is 0 Å². The Kier molecular flexibility index (Phi) is 2.73. The number of nitrogens with zero attached hydrogens (tertiary/aromatic N) is 1. The van der Waals surface area contributed by atoms with Crippen LogP contribution in [0.5, 0.6) is 5.75 Å². The summed E-state index contributed by atoms with van der Waals surface area (Å²) >= 11 is 5.84. The van der Waals surface area contributed by atoms with Gasteiger partial charge in [-0.15, -0.1) is 0 Å². The minimum Gasteiger partial charge on any atom is -0.508 e. The molecule has 14 heavy (non-hydrogen) atoms. The number of aromatic hydroxyl groups is 1. The van der Waals surface area contributed by atoms with Crippen molar-refractivity contribution in [1.82, 2.24) is 0 Å². The second kappa shape index (κ2) is 3.51. The minimum absolute atomic E-state index is 0.0761. The molecule has 0 atom stereocenters. The first-order valence-corrected chi connectivity index (χ1v) is 4.67. The Bertz CT molecular complexity index is 404. The Morgan fingerprint density at radius 2 is 2.00 bits per heavy atom. The molecule has 0 saturated carbocycles. The van der Waals surface area contributed by atoms with Gasteiger partial charge < -0.3 is 5.11 Å². The first-order valence-electron chi connectivity index (χ1n) is 4.29. The summed E-state index contributed by atoms with van der Waals surface area (Å²) in [5.41, 5.74) is 0.782. The van der Waals surface area contributed by atoms with Gasteiger partial charge in [0.15, 0.2) is 0 Å². The van der Waals surface area contributed by atoms with E-state index in [0.29, 0.717) is 10.6 Å². The van der Waals surface area contributed by atoms with Crippen LogP contribution in [0, 0.1) is 18.3 Å². The smallest absolute Gasteiger partial charge is 0.121 e. The molecular weight excluding hydrogens is 198 g/mol. The highest BCUT2D eigenvalue weighted by Gasteiger charge is 2.24. The molecule has 0 saturated heterocycles. The van der Waals surface area contributed by atoms with Gasteiger partial charge in [-0.2, -0.15) is 5.26 Å². The molecule has 0 radical (unpaired) electrons. The molecule has 0 fully saturated rings. The Labute approximate surface area is 88.7 Å². The molecule has 0 heterocycles. The van der Waals surface area contributed by atoms with Crippen LogP contribution in [-0.4, -0.2) is 5.11 Å². The molecule has 2 nitrogen and oxygen atoms in total. The Hall–Kier alpha value is -1.20. The first kappa shape index (κ1) is 10.9. The first-order chi connectivity index (χ1) is 6.38. The second-order valence-electron chi connectivity index (χ2n) is 3.86. The number of phenolic OH excluding ortho intramolecular Hbond substituents is 1. The summed E-state index contributed by atoms with van der Waals surface area (Å²) in [6.07, 6.45) is 0. The lowest BCUT2D eigenvalue weighted by atomic mass is 9.85. The van der Waals surface area contributed by atoms with Gasteiger partial charge in [-0.3, -0.25) is 0 Å². The molecule has 1 rings (SSSR count). The molecule has 1 aromatic carbocycles. The Morgan fingerprint density at radius 3 is 2.50 bits per heavy atom. The van der Waals surface area contributed by atoms with E-state index in [0.717, 1.165) is 5.56 Å². The largest absolute Gasteiger partial charge is 0.508 e. The zero-order valence-corrected chi connectivity index (χ0v) is 9.18. The van der Waals surface area contributed by atoms with Crippen LogP contribution < -0.4 is 0 Å². The van der Waals surface area contributed by atoms with E-state index in [1.807, 2.05) is 6.92 Å². The molecule has 0 amide bonds. The third kappa shape index (κ3) is 1.83. The van der Waals surface area contributed by atoms with Gasteiger partial charge in [0.1, 0.15) is 5.75 Å². The van der Waals surface area contributed by atoms with Crippen LogP contribution in [0.2, 0.25) is 5.02 Å². The van der Waals surface area contributed by atoms with Crippen molar-refractivity contribution in [2.45, 2.75) is 26.2 Å². The average molecular weight is 210 g/mol. The molecule has 74 valence electrons. The lowest BCUT2D eigenvalue weighted by molar-refractivity contribution is 0.456.